The first-order valence-electron chi connectivity index (χ1n) is 7.06. The molecule has 0 heterocycles. The number of hydrogen-bond acceptors (Lipinski definition) is 1. The smallest absolute Gasteiger partial charge is 0.282 e. The molecule has 0 bridgehead atoms. The van der Waals surface area contributed by atoms with Gasteiger partial charge in [0.1, 0.15) is 0 Å². The second-order valence-electron chi connectivity index (χ2n) is 5.39. The molecule has 0 aliphatic heterocycles. The summed E-state index contributed by atoms with van der Waals surface area (Å²) in [6.45, 7) is 5.33. The molecule has 116 valence electrons. The number of benzene rings is 2. The van der Waals surface area contributed by atoms with Gasteiger partial charge in [0.15, 0.2) is 0 Å². The Morgan fingerprint density at radius 1 is 1.05 bits per heavy atom. The summed E-state index contributed by atoms with van der Waals surface area (Å²) >= 11 is 0. The monoisotopic (exact) mass is 305 g/mol. The van der Waals surface area contributed by atoms with Crippen LogP contribution < -0.4 is 0 Å². The maximum absolute atomic E-state index is 12.9. The molecule has 4 heteroatoms. The molecule has 1 nitrogen and oxygen atoms in total. The van der Waals surface area contributed by atoms with Gasteiger partial charge in [-0.25, -0.2) is 0 Å². The van der Waals surface area contributed by atoms with E-state index in [1.165, 1.54) is 0 Å². The molecule has 0 amide bonds. The van der Waals surface area contributed by atoms with Crippen LogP contribution in [0.1, 0.15) is 42.1 Å². The Hall–Kier alpha value is -2.10. The molecule has 1 unspecified atom stereocenters. The summed E-state index contributed by atoms with van der Waals surface area (Å²) < 4.78 is 38.7. The molecular weight excluding hydrogens is 287 g/mol. The normalized spacial score (nSPS) is 14.0. The third-order valence-corrected chi connectivity index (χ3v) is 3.49. The van der Waals surface area contributed by atoms with Gasteiger partial charge in [0.2, 0.25) is 0 Å². The van der Waals surface area contributed by atoms with Crippen LogP contribution in [0.3, 0.4) is 0 Å². The predicted octanol–water partition coefficient (Wildman–Crippen LogP) is 5.58. The second-order valence-corrected chi connectivity index (χ2v) is 5.39. The van der Waals surface area contributed by atoms with Gasteiger partial charge in [-0.05, 0) is 49.6 Å². The molecule has 2 aromatic carbocycles. The van der Waals surface area contributed by atoms with Crippen molar-refractivity contribution in [3.8, 4) is 0 Å². The highest BCUT2D eigenvalue weighted by Gasteiger charge is 2.31. The standard InChI is InChI=1S/C18H18F3N/c1-12-9-16(11-17(10-12)18(19,20)21)14(3)22-13(2)15-7-5-4-6-8-15/h4-11,13H,1-3H3. The van der Waals surface area contributed by atoms with E-state index in [-0.39, 0.29) is 6.04 Å². The Bertz CT molecular complexity index is 672. The first-order chi connectivity index (χ1) is 10.3. The summed E-state index contributed by atoms with van der Waals surface area (Å²) in [4.78, 5) is 4.53. The van der Waals surface area contributed by atoms with Crippen LogP contribution in [-0.4, -0.2) is 5.71 Å². The number of alkyl halides is 3. The van der Waals surface area contributed by atoms with Crippen LogP contribution >= 0.6 is 0 Å². The van der Waals surface area contributed by atoms with Gasteiger partial charge in [0.05, 0.1) is 11.6 Å². The van der Waals surface area contributed by atoms with E-state index in [0.717, 1.165) is 17.7 Å². The summed E-state index contributed by atoms with van der Waals surface area (Å²) in [5.74, 6) is 0. The van der Waals surface area contributed by atoms with Crippen molar-refractivity contribution >= 4 is 5.71 Å². The Labute approximate surface area is 128 Å². The minimum absolute atomic E-state index is 0.101. The molecule has 1 atom stereocenters. The molecule has 0 saturated carbocycles. The fourth-order valence-electron chi connectivity index (χ4n) is 2.33. The number of halogens is 3. The molecule has 0 aliphatic rings. The van der Waals surface area contributed by atoms with E-state index >= 15 is 0 Å². The van der Waals surface area contributed by atoms with Crippen LogP contribution in [0.2, 0.25) is 0 Å². The second kappa shape index (κ2) is 6.34. The first kappa shape index (κ1) is 16.3. The number of aliphatic imine (C=N–C) groups is 1. The highest BCUT2D eigenvalue weighted by atomic mass is 19.4. The van der Waals surface area contributed by atoms with Crippen molar-refractivity contribution in [2.75, 3.05) is 0 Å². The predicted molar refractivity (Wildman–Crippen MR) is 83.2 cm³/mol. The van der Waals surface area contributed by atoms with E-state index in [9.17, 15) is 13.2 Å². The highest BCUT2D eigenvalue weighted by Crippen LogP contribution is 2.31. The minimum atomic E-state index is -4.34. The number of nitrogens with zero attached hydrogens (tertiary/aromatic N) is 1. The summed E-state index contributed by atoms with van der Waals surface area (Å²) in [7, 11) is 0. The van der Waals surface area contributed by atoms with E-state index in [0.29, 0.717) is 16.8 Å². The molecule has 0 aromatic heterocycles. The zero-order chi connectivity index (χ0) is 16.3. The Morgan fingerprint density at radius 2 is 1.68 bits per heavy atom. The fourth-order valence-corrected chi connectivity index (χ4v) is 2.33. The SMILES string of the molecule is CC(=NC(C)c1ccccc1)c1cc(C)cc(C(F)(F)F)c1. The fraction of sp³-hybridized carbons (Fsp3) is 0.278. The molecule has 0 aliphatic carbocycles. The maximum Gasteiger partial charge on any atom is 0.416 e. The van der Waals surface area contributed by atoms with Crippen LogP contribution in [0, 0.1) is 6.92 Å². The van der Waals surface area contributed by atoms with Crippen molar-refractivity contribution in [3.63, 3.8) is 0 Å². The topological polar surface area (TPSA) is 12.4 Å². The summed E-state index contributed by atoms with van der Waals surface area (Å²) in [5, 5.41) is 0. The summed E-state index contributed by atoms with van der Waals surface area (Å²) in [6, 6.07) is 13.6. The van der Waals surface area contributed by atoms with Gasteiger partial charge < -0.3 is 0 Å². The van der Waals surface area contributed by atoms with Crippen LogP contribution in [-0.2, 0) is 6.18 Å². The number of rotatable bonds is 3. The molecular formula is C18H18F3N. The lowest BCUT2D eigenvalue weighted by molar-refractivity contribution is -0.137. The van der Waals surface area contributed by atoms with Crippen LogP contribution in [0.4, 0.5) is 13.2 Å². The van der Waals surface area contributed by atoms with Crippen molar-refractivity contribution < 1.29 is 13.2 Å². The molecule has 0 fully saturated rings. The third-order valence-electron chi connectivity index (χ3n) is 3.49. The van der Waals surface area contributed by atoms with E-state index < -0.39 is 11.7 Å². The van der Waals surface area contributed by atoms with Gasteiger partial charge in [-0.3, -0.25) is 4.99 Å². The highest BCUT2D eigenvalue weighted by molar-refractivity contribution is 5.99. The molecule has 0 N–H and O–H groups in total. The van der Waals surface area contributed by atoms with Gasteiger partial charge in [0, 0.05) is 5.71 Å². The largest absolute Gasteiger partial charge is 0.416 e. The van der Waals surface area contributed by atoms with Crippen molar-refractivity contribution in [2.45, 2.75) is 33.0 Å². The summed E-state index contributed by atoms with van der Waals surface area (Å²) in [6.07, 6.45) is -4.34. The lowest BCUT2D eigenvalue weighted by atomic mass is 10.0. The van der Waals surface area contributed by atoms with Crippen molar-refractivity contribution in [1.29, 1.82) is 0 Å². The van der Waals surface area contributed by atoms with E-state index in [4.69, 9.17) is 0 Å². The Morgan fingerprint density at radius 3 is 2.27 bits per heavy atom. The molecule has 2 aromatic rings. The van der Waals surface area contributed by atoms with E-state index in [2.05, 4.69) is 4.99 Å². The van der Waals surface area contributed by atoms with E-state index in [1.807, 2.05) is 37.3 Å². The average molecular weight is 305 g/mol. The van der Waals surface area contributed by atoms with Crippen molar-refractivity contribution in [2.24, 2.45) is 4.99 Å². The molecule has 22 heavy (non-hydrogen) atoms. The minimum Gasteiger partial charge on any atom is -0.282 e. The lowest BCUT2D eigenvalue weighted by Gasteiger charge is -2.12. The number of hydrogen-bond donors (Lipinski definition) is 0. The molecule has 0 spiro atoms. The van der Waals surface area contributed by atoms with Gasteiger partial charge in [0.25, 0.3) is 0 Å². The summed E-state index contributed by atoms with van der Waals surface area (Å²) in [5.41, 5.74) is 2.09. The Balaban J connectivity index is 2.35. The van der Waals surface area contributed by atoms with Crippen molar-refractivity contribution in [1.82, 2.24) is 0 Å². The number of aryl methyl sites for hydroxylation is 1. The quantitative estimate of drug-likeness (QED) is 0.656. The van der Waals surface area contributed by atoms with Crippen LogP contribution in [0.25, 0.3) is 0 Å². The average Bonchev–Trinajstić information content (AvgIpc) is 2.46. The van der Waals surface area contributed by atoms with E-state index in [1.54, 1.807) is 19.9 Å². The van der Waals surface area contributed by atoms with Gasteiger partial charge in [-0.1, -0.05) is 36.4 Å². The molecule has 2 rings (SSSR count). The zero-order valence-corrected chi connectivity index (χ0v) is 12.8. The molecule has 0 saturated heterocycles. The lowest BCUT2D eigenvalue weighted by Crippen LogP contribution is -2.08. The van der Waals surface area contributed by atoms with Crippen LogP contribution in [0.5, 0.6) is 0 Å². The zero-order valence-electron chi connectivity index (χ0n) is 12.8. The first-order valence-corrected chi connectivity index (χ1v) is 7.06. The maximum atomic E-state index is 12.9. The van der Waals surface area contributed by atoms with Crippen LogP contribution in [0.15, 0.2) is 53.5 Å². The van der Waals surface area contributed by atoms with Gasteiger partial charge in [-0.15, -0.1) is 0 Å². The molecule has 0 radical (unpaired) electrons. The third kappa shape index (κ3) is 3.97. The van der Waals surface area contributed by atoms with Gasteiger partial charge in [-0.2, -0.15) is 13.2 Å². The van der Waals surface area contributed by atoms with Crippen molar-refractivity contribution in [3.05, 3.63) is 70.8 Å². The Kier molecular flexibility index (Phi) is 4.69. The van der Waals surface area contributed by atoms with Gasteiger partial charge >= 0.3 is 6.18 Å².